The number of carboxylic acid groups (broad SMARTS) is 1. The summed E-state index contributed by atoms with van der Waals surface area (Å²) in [4.78, 5) is 22.0. The summed E-state index contributed by atoms with van der Waals surface area (Å²) in [5.41, 5.74) is 5.34. The maximum absolute atomic E-state index is 11.4. The molecule has 7 heteroatoms. The topological polar surface area (TPSA) is 89.6 Å². The molecule has 1 atom stereocenters. The molecule has 0 saturated carbocycles. The molecule has 0 aliphatic heterocycles. The van der Waals surface area contributed by atoms with Gasteiger partial charge in [-0.25, -0.2) is 0 Å². The van der Waals surface area contributed by atoms with Crippen LogP contribution in [0.3, 0.4) is 0 Å². The molecule has 0 aromatic rings. The number of nitrogens with two attached hydrogens (primary N) is 1. The predicted molar refractivity (Wildman–Crippen MR) is 108 cm³/mol. The maximum Gasteiger partial charge on any atom is 1.00 e. The molecule has 0 fully saturated rings. The summed E-state index contributed by atoms with van der Waals surface area (Å²) in [5.74, 6) is -1.43. The summed E-state index contributed by atoms with van der Waals surface area (Å²) in [6.45, 7) is 2.69. The van der Waals surface area contributed by atoms with E-state index in [0.29, 0.717) is 6.61 Å². The van der Waals surface area contributed by atoms with Crippen LogP contribution >= 0.6 is 0 Å². The largest absolute Gasteiger partial charge is 1.00 e. The van der Waals surface area contributed by atoms with Gasteiger partial charge in [-0.05, 0) is 12.8 Å². The fraction of sp³-hybridized carbons (Fsp3) is 0.905. The number of carbonyl (C=O) groups is 2. The van der Waals surface area contributed by atoms with Crippen LogP contribution in [-0.2, 0) is 14.3 Å². The second kappa shape index (κ2) is 25.9. The zero-order valence-corrected chi connectivity index (χ0v) is 22.8. The molecule has 0 spiro atoms. The summed E-state index contributed by atoms with van der Waals surface area (Å²) >= 11 is 0. The van der Waals surface area contributed by atoms with Crippen LogP contribution in [0.4, 0.5) is 0 Å². The molecule has 0 aromatic carbocycles. The summed E-state index contributed by atoms with van der Waals surface area (Å²) in [6.07, 6.45) is 18.3. The molecule has 0 radical (unpaired) electrons. The first kappa shape index (κ1) is 33.5. The van der Waals surface area contributed by atoms with Gasteiger partial charge in [0.05, 0.1) is 6.61 Å². The third kappa shape index (κ3) is 24.9. The number of hydrogen-bond donors (Lipinski definition) is 2. The van der Waals surface area contributed by atoms with Crippen LogP contribution in [0.15, 0.2) is 0 Å². The molecule has 0 unspecified atom stereocenters. The van der Waals surface area contributed by atoms with Gasteiger partial charge in [0.15, 0.2) is 0 Å². The minimum Gasteiger partial charge on any atom is -1.00 e. The Balaban J connectivity index is -0.000000521. The van der Waals surface area contributed by atoms with Crippen molar-refractivity contribution in [2.45, 2.75) is 116 Å². The maximum atomic E-state index is 11.4. The van der Waals surface area contributed by atoms with E-state index in [0.717, 1.165) is 12.8 Å². The van der Waals surface area contributed by atoms with Crippen molar-refractivity contribution in [2.75, 3.05) is 6.61 Å². The fourth-order valence-corrected chi connectivity index (χ4v) is 2.95. The van der Waals surface area contributed by atoms with Crippen molar-refractivity contribution in [3.8, 4) is 0 Å². The van der Waals surface area contributed by atoms with Crippen LogP contribution in [0.25, 0.3) is 0 Å². The van der Waals surface area contributed by atoms with Gasteiger partial charge in [-0.3, -0.25) is 9.59 Å². The molecule has 0 rings (SSSR count). The van der Waals surface area contributed by atoms with E-state index < -0.39 is 12.0 Å². The van der Waals surface area contributed by atoms with E-state index in [9.17, 15) is 9.59 Å². The number of rotatable bonds is 19. The van der Waals surface area contributed by atoms with Crippen LogP contribution in [0, 0.1) is 0 Å². The molecule has 0 amide bonds. The number of unbranched alkanes of at least 4 members (excludes halogenated alkanes) is 13. The monoisotopic (exact) mass is 419 g/mol. The van der Waals surface area contributed by atoms with Gasteiger partial charge in [-0.2, -0.15) is 0 Å². The Morgan fingerprint density at radius 1 is 0.821 bits per heavy atom. The average molecular weight is 420 g/mol. The second-order valence-electron chi connectivity index (χ2n) is 7.30. The fourth-order valence-electron chi connectivity index (χ4n) is 2.95. The van der Waals surface area contributed by atoms with Crippen LogP contribution in [0.1, 0.15) is 113 Å². The van der Waals surface area contributed by atoms with Crippen molar-refractivity contribution in [3.63, 3.8) is 0 Å². The van der Waals surface area contributed by atoms with Crippen molar-refractivity contribution in [3.05, 3.63) is 0 Å². The first-order chi connectivity index (χ1) is 12.6. The molecule has 0 saturated heterocycles. The minimum absolute atomic E-state index is 0. The summed E-state index contributed by atoms with van der Waals surface area (Å²) < 4.78 is 5.09. The molecule has 3 N–H and O–H groups in total. The van der Waals surface area contributed by atoms with Crippen LogP contribution in [-0.4, -0.2) is 29.7 Å². The van der Waals surface area contributed by atoms with Crippen LogP contribution in [0.5, 0.6) is 0 Å². The number of esters is 1. The Hall–Kier alpha value is 0.900. The molecule has 0 aliphatic rings. The van der Waals surface area contributed by atoms with Gasteiger partial charge >= 0.3 is 71.1 Å². The van der Waals surface area contributed by atoms with Crippen molar-refractivity contribution in [2.24, 2.45) is 5.73 Å². The number of hydrogen-bond acceptors (Lipinski definition) is 4. The molecule has 0 aromatic heterocycles. The Morgan fingerprint density at radius 3 is 1.61 bits per heavy atom. The van der Waals surface area contributed by atoms with Gasteiger partial charge in [0, 0.05) is 6.42 Å². The molecule has 0 bridgehead atoms. The third-order valence-electron chi connectivity index (χ3n) is 4.74. The van der Waals surface area contributed by atoms with Gasteiger partial charge in [0.1, 0.15) is 6.04 Å². The van der Waals surface area contributed by atoms with Crippen molar-refractivity contribution < 1.29 is 81.4 Å². The van der Waals surface area contributed by atoms with Gasteiger partial charge < -0.3 is 18.4 Å². The third-order valence-corrected chi connectivity index (χ3v) is 4.74. The van der Waals surface area contributed by atoms with Crippen LogP contribution in [0.2, 0.25) is 0 Å². The van der Waals surface area contributed by atoms with Crippen LogP contribution < -0.4 is 64.8 Å². The average Bonchev–Trinajstić information content (AvgIpc) is 2.62. The first-order valence-corrected chi connectivity index (χ1v) is 10.7. The molecule has 5 nitrogen and oxygen atoms in total. The second-order valence-corrected chi connectivity index (χ2v) is 7.30. The zero-order valence-electron chi connectivity index (χ0n) is 20.8. The quantitative estimate of drug-likeness (QED) is 0.166. The zero-order chi connectivity index (χ0) is 19.5. The summed E-state index contributed by atoms with van der Waals surface area (Å²) in [5, 5.41) is 8.63. The number of carboxylic acids is 1. The normalized spacial score (nSPS) is 11.2. The number of ether oxygens (including phenoxy) is 1. The van der Waals surface area contributed by atoms with Crippen molar-refractivity contribution in [1.29, 1.82) is 0 Å². The molecular weight excluding hydrogens is 376 g/mol. The van der Waals surface area contributed by atoms with E-state index in [1.165, 1.54) is 77.0 Å². The van der Waals surface area contributed by atoms with Crippen molar-refractivity contribution in [1.82, 2.24) is 0 Å². The molecule has 28 heavy (non-hydrogen) atoms. The van der Waals surface area contributed by atoms with Gasteiger partial charge in [0.25, 0.3) is 0 Å². The molecule has 0 heterocycles. The van der Waals surface area contributed by atoms with E-state index in [1.807, 2.05) is 0 Å². The molecular formula is C21H43NNa2O4. The van der Waals surface area contributed by atoms with Gasteiger partial charge in [0.2, 0.25) is 0 Å². The van der Waals surface area contributed by atoms with E-state index in [-0.39, 0.29) is 80.8 Å². The Labute approximate surface area is 219 Å². The Bertz CT molecular complexity index is 368. The van der Waals surface area contributed by atoms with Gasteiger partial charge in [-0.15, -0.1) is 0 Å². The summed E-state index contributed by atoms with van der Waals surface area (Å²) in [7, 11) is 0. The number of carbonyl (C=O) groups excluding carboxylic acids is 1. The van der Waals surface area contributed by atoms with Gasteiger partial charge in [-0.1, -0.05) is 90.4 Å². The standard InChI is InChI=1S/C21H41NO4.2Na.2H/c1-2-3-4-5-6-7-8-9-10-11-12-13-14-15-18-26-20(23)17-16-19(22)21(24)25;;;;/h19H,2-18,22H2,1H3,(H,24,25);;;;/q;2*+1;2*-1/t19-;;;;/m0..../s1. The molecule has 0 aliphatic carbocycles. The molecule has 158 valence electrons. The minimum atomic E-state index is -1.08. The Morgan fingerprint density at radius 2 is 1.21 bits per heavy atom. The van der Waals surface area contributed by atoms with E-state index in [4.69, 9.17) is 15.6 Å². The predicted octanol–water partition coefficient (Wildman–Crippen LogP) is -0.564. The van der Waals surface area contributed by atoms with Crippen molar-refractivity contribution >= 4 is 11.9 Å². The van der Waals surface area contributed by atoms with E-state index >= 15 is 0 Å². The summed E-state index contributed by atoms with van der Waals surface area (Å²) in [6, 6.07) is -0.983. The first-order valence-electron chi connectivity index (χ1n) is 10.7. The smallest absolute Gasteiger partial charge is 1.00 e. The van der Waals surface area contributed by atoms with E-state index in [2.05, 4.69) is 6.92 Å². The number of aliphatic carboxylic acids is 1. The SMILES string of the molecule is CCCCCCCCCCCCCCCCOC(=O)CC[C@H](N)C(=O)O.[H-].[H-].[Na+].[Na+]. The van der Waals surface area contributed by atoms with E-state index in [1.54, 1.807) is 0 Å². The Kier molecular flexibility index (Phi) is 31.1.